The molecule has 2 aromatic carbocycles. The maximum atomic E-state index is 13.7. The van der Waals surface area contributed by atoms with Crippen molar-refractivity contribution in [2.75, 3.05) is 70.5 Å². The molecule has 0 aliphatic carbocycles. The zero-order valence-corrected chi connectivity index (χ0v) is 25.4. The van der Waals surface area contributed by atoms with Crippen LogP contribution in [-0.2, 0) is 4.79 Å². The first kappa shape index (κ1) is 31.8. The summed E-state index contributed by atoms with van der Waals surface area (Å²) in [5.74, 6) is 1.34. The monoisotopic (exact) mass is 567 g/mol. The minimum Gasteiger partial charge on any atom is -0.497 e. The van der Waals surface area contributed by atoms with Gasteiger partial charge in [-0.1, -0.05) is 6.58 Å². The Morgan fingerprint density at radius 3 is 2.46 bits per heavy atom. The van der Waals surface area contributed by atoms with Gasteiger partial charge in [0.15, 0.2) is 5.78 Å². The van der Waals surface area contributed by atoms with Gasteiger partial charge in [0.2, 0.25) is 5.91 Å². The molecule has 1 aliphatic heterocycles. The summed E-state index contributed by atoms with van der Waals surface area (Å²) in [6.07, 6.45) is 2.24. The summed E-state index contributed by atoms with van der Waals surface area (Å²) in [4.78, 5) is 30.2. The molecular formula is C31H45N5O5. The van der Waals surface area contributed by atoms with Crippen molar-refractivity contribution in [1.29, 1.82) is 0 Å². The minimum absolute atomic E-state index is 0.0420. The Hall–Kier alpha value is -3.76. The summed E-state index contributed by atoms with van der Waals surface area (Å²) in [5, 5.41) is 9.91. The molecule has 0 radical (unpaired) electrons. The van der Waals surface area contributed by atoms with E-state index in [1.165, 1.54) is 6.08 Å². The van der Waals surface area contributed by atoms with E-state index >= 15 is 0 Å². The largest absolute Gasteiger partial charge is 0.497 e. The molecule has 10 heteroatoms. The first-order valence-corrected chi connectivity index (χ1v) is 14.0. The third-order valence-corrected chi connectivity index (χ3v) is 6.98. The highest BCUT2D eigenvalue weighted by Crippen LogP contribution is 2.38. The Balaban J connectivity index is 1.85. The number of anilines is 3. The number of hydrogen-bond acceptors (Lipinski definition) is 9. The van der Waals surface area contributed by atoms with E-state index in [4.69, 9.17) is 14.2 Å². The minimum atomic E-state index is -0.302. The van der Waals surface area contributed by atoms with Crippen molar-refractivity contribution in [3.8, 4) is 17.2 Å². The van der Waals surface area contributed by atoms with Gasteiger partial charge in [0.1, 0.15) is 17.2 Å². The molecule has 10 nitrogen and oxygen atoms in total. The number of carbonyl (C=O) groups excluding carboxylic acids is 2. The molecule has 3 N–H and O–H groups in total. The highest BCUT2D eigenvalue weighted by atomic mass is 16.5. The molecule has 0 bridgehead atoms. The lowest BCUT2D eigenvalue weighted by molar-refractivity contribution is -0.111. The van der Waals surface area contributed by atoms with E-state index < -0.39 is 0 Å². The number of nitrogens with one attached hydrogen (secondary N) is 3. The molecule has 0 saturated carbocycles. The van der Waals surface area contributed by atoms with Gasteiger partial charge in [-0.15, -0.1) is 0 Å². The van der Waals surface area contributed by atoms with E-state index in [1.54, 1.807) is 32.4 Å². The number of methoxy groups -OCH3 is 2. The highest BCUT2D eigenvalue weighted by Gasteiger charge is 2.30. The molecule has 2 aromatic rings. The fourth-order valence-electron chi connectivity index (χ4n) is 4.78. The van der Waals surface area contributed by atoms with Gasteiger partial charge >= 0.3 is 0 Å². The highest BCUT2D eigenvalue weighted by molar-refractivity contribution is 6.02. The topological polar surface area (TPSA) is 104 Å². The molecule has 1 amide bonds. The average molecular weight is 568 g/mol. The van der Waals surface area contributed by atoms with Crippen LogP contribution < -0.4 is 35.1 Å². The van der Waals surface area contributed by atoms with Crippen LogP contribution in [0.2, 0.25) is 0 Å². The predicted octanol–water partition coefficient (Wildman–Crippen LogP) is 4.23. The fraction of sp³-hybridized carbons (Fsp3) is 0.484. The van der Waals surface area contributed by atoms with E-state index in [0.29, 0.717) is 53.6 Å². The van der Waals surface area contributed by atoms with Crippen LogP contribution in [-0.4, -0.2) is 83.9 Å². The molecule has 1 aliphatic rings. The van der Waals surface area contributed by atoms with Crippen LogP contribution in [0.5, 0.6) is 17.2 Å². The first-order chi connectivity index (χ1) is 19.6. The zero-order chi connectivity index (χ0) is 30.1. The fourth-order valence-corrected chi connectivity index (χ4v) is 4.78. The van der Waals surface area contributed by atoms with Gasteiger partial charge in [-0.25, -0.2) is 0 Å². The third-order valence-electron chi connectivity index (χ3n) is 6.98. The van der Waals surface area contributed by atoms with Crippen LogP contribution in [0.1, 0.15) is 37.0 Å². The number of piperidine rings is 1. The van der Waals surface area contributed by atoms with Gasteiger partial charge in [-0.3, -0.25) is 14.9 Å². The van der Waals surface area contributed by atoms with Crippen molar-refractivity contribution < 1.29 is 23.8 Å². The summed E-state index contributed by atoms with van der Waals surface area (Å²) >= 11 is 0. The van der Waals surface area contributed by atoms with E-state index in [0.717, 1.165) is 18.8 Å². The molecule has 2 unspecified atom stereocenters. The van der Waals surface area contributed by atoms with Crippen molar-refractivity contribution >= 4 is 28.8 Å². The van der Waals surface area contributed by atoms with E-state index in [9.17, 15) is 9.59 Å². The Kier molecular flexibility index (Phi) is 11.4. The molecule has 0 spiro atoms. The number of carbonyl (C=O) groups is 2. The third kappa shape index (κ3) is 8.61. The second-order valence-electron chi connectivity index (χ2n) is 10.8. The average Bonchev–Trinajstić information content (AvgIpc) is 2.95. The predicted molar refractivity (Wildman–Crippen MR) is 165 cm³/mol. The normalized spacial score (nSPS) is 16.7. The van der Waals surface area contributed by atoms with Gasteiger partial charge < -0.3 is 34.6 Å². The van der Waals surface area contributed by atoms with Gasteiger partial charge in [-0.05, 0) is 71.6 Å². The van der Waals surface area contributed by atoms with Crippen LogP contribution in [0.3, 0.4) is 0 Å². The molecule has 3 rings (SSSR count). The second kappa shape index (κ2) is 14.7. The summed E-state index contributed by atoms with van der Waals surface area (Å²) in [7, 11) is 9.22. The summed E-state index contributed by atoms with van der Waals surface area (Å²) in [5.41, 5.74) is 2.72. The van der Waals surface area contributed by atoms with Crippen LogP contribution in [0.4, 0.5) is 17.1 Å². The smallest absolute Gasteiger partial charge is 0.247 e. The van der Waals surface area contributed by atoms with Crippen LogP contribution >= 0.6 is 0 Å². The number of ketones is 1. The van der Waals surface area contributed by atoms with Crippen LogP contribution in [0, 0.1) is 5.92 Å². The molecule has 1 fully saturated rings. The summed E-state index contributed by atoms with van der Waals surface area (Å²) in [6, 6.07) is 9.12. The quantitative estimate of drug-likeness (QED) is 0.228. The van der Waals surface area contributed by atoms with E-state index in [2.05, 4.69) is 32.3 Å². The Morgan fingerprint density at radius 2 is 1.83 bits per heavy atom. The number of ether oxygens (including phenoxy) is 3. The Morgan fingerprint density at radius 1 is 1.07 bits per heavy atom. The number of nitrogens with zero attached hydrogens (tertiary/aromatic N) is 2. The number of amides is 1. The number of likely N-dealkylation sites (N-methyl/N-ethyl adjacent to an activating group) is 2. The van der Waals surface area contributed by atoms with Crippen molar-refractivity contribution in [2.45, 2.75) is 39.0 Å². The van der Waals surface area contributed by atoms with Crippen molar-refractivity contribution in [3.63, 3.8) is 0 Å². The molecule has 1 heterocycles. The summed E-state index contributed by atoms with van der Waals surface area (Å²) in [6.45, 7) is 9.71. The number of hydrogen-bond donors (Lipinski definition) is 3. The van der Waals surface area contributed by atoms with Crippen molar-refractivity contribution in [2.24, 2.45) is 5.92 Å². The first-order valence-electron chi connectivity index (χ1n) is 14.0. The molecule has 41 heavy (non-hydrogen) atoms. The van der Waals surface area contributed by atoms with E-state index in [-0.39, 0.29) is 29.9 Å². The van der Waals surface area contributed by atoms with Gasteiger partial charge in [-0.2, -0.15) is 0 Å². The molecule has 224 valence electrons. The zero-order valence-electron chi connectivity index (χ0n) is 25.4. The van der Waals surface area contributed by atoms with Gasteiger partial charge in [0.05, 0.1) is 49.1 Å². The SMILES string of the molecule is C=CC(=O)Nc1cc(NC2CC(C(=O)c3ccc(OC)cc3OC(C)C)CCN2)c(OC)cc1N(C)CCN(C)C. The molecule has 0 aromatic heterocycles. The molecule has 1 saturated heterocycles. The van der Waals surface area contributed by atoms with Gasteiger partial charge in [0.25, 0.3) is 0 Å². The molecule has 2 atom stereocenters. The lowest BCUT2D eigenvalue weighted by Gasteiger charge is -2.32. The maximum Gasteiger partial charge on any atom is 0.247 e. The van der Waals surface area contributed by atoms with Crippen molar-refractivity contribution in [3.05, 3.63) is 48.6 Å². The van der Waals surface area contributed by atoms with Crippen LogP contribution in [0.15, 0.2) is 43.0 Å². The summed E-state index contributed by atoms with van der Waals surface area (Å²) < 4.78 is 17.1. The standard InChI is InChI=1S/C31H45N5O5/c1-9-30(37)34-24-18-25(28(40-8)19-26(24)36(6)15-14-35(4)5)33-29-16-21(12-13-32-29)31(38)23-11-10-22(39-7)17-27(23)41-20(2)3/h9-11,17-21,29,32-33H,1,12-16H2,2-8H3,(H,34,37). The number of Topliss-reactive ketones (excluding diaryl/α,β-unsaturated/α-hetero) is 1. The van der Waals surface area contributed by atoms with Crippen LogP contribution in [0.25, 0.3) is 0 Å². The second-order valence-corrected chi connectivity index (χ2v) is 10.8. The number of benzene rings is 2. The lowest BCUT2D eigenvalue weighted by atomic mass is 9.87. The van der Waals surface area contributed by atoms with Gasteiger partial charge in [0, 0.05) is 38.2 Å². The van der Waals surface area contributed by atoms with E-state index in [1.807, 2.05) is 47.1 Å². The molecular weight excluding hydrogens is 522 g/mol. The Bertz CT molecular complexity index is 1220. The maximum absolute atomic E-state index is 13.7. The lowest BCUT2D eigenvalue weighted by Crippen LogP contribution is -2.45. The number of rotatable bonds is 14. The Labute approximate surface area is 244 Å². The van der Waals surface area contributed by atoms with Crippen molar-refractivity contribution in [1.82, 2.24) is 10.2 Å².